The molecule has 0 aromatic heterocycles. The van der Waals surface area contributed by atoms with Crippen molar-refractivity contribution < 1.29 is 4.79 Å². The van der Waals surface area contributed by atoms with Gasteiger partial charge in [-0.3, -0.25) is 10.1 Å². The lowest BCUT2D eigenvalue weighted by molar-refractivity contribution is -0.133. The standard InChI is InChI=1S/C15H24N2O/c18-14-15(5-1-2-6-15)16-10-17(14)9-13-8-11-3-4-12(13)7-11/h11-13,16H,1-10H2. The topological polar surface area (TPSA) is 32.3 Å². The van der Waals surface area contributed by atoms with Gasteiger partial charge < -0.3 is 4.90 Å². The summed E-state index contributed by atoms with van der Waals surface area (Å²) >= 11 is 0. The van der Waals surface area contributed by atoms with Gasteiger partial charge in [0, 0.05) is 6.54 Å². The molecule has 3 heteroatoms. The first-order valence-corrected chi connectivity index (χ1v) is 7.81. The van der Waals surface area contributed by atoms with Crippen LogP contribution in [0, 0.1) is 17.8 Å². The summed E-state index contributed by atoms with van der Waals surface area (Å²) in [6.45, 7) is 1.85. The number of carbonyl (C=O) groups is 1. The van der Waals surface area contributed by atoms with E-state index >= 15 is 0 Å². The summed E-state index contributed by atoms with van der Waals surface area (Å²) in [5, 5.41) is 3.53. The third-order valence-corrected chi connectivity index (χ3v) is 6.10. The molecule has 3 aliphatic carbocycles. The SMILES string of the molecule is O=C1N(CC2CC3CCC2C3)CNC12CCCC2. The number of nitrogens with one attached hydrogen (secondary N) is 1. The molecule has 3 atom stereocenters. The molecule has 4 rings (SSSR count). The van der Waals surface area contributed by atoms with Crippen LogP contribution in [0.3, 0.4) is 0 Å². The Labute approximate surface area is 109 Å². The van der Waals surface area contributed by atoms with E-state index in [1.807, 2.05) is 0 Å². The minimum absolute atomic E-state index is 0.141. The van der Waals surface area contributed by atoms with Gasteiger partial charge in [-0.15, -0.1) is 0 Å². The number of rotatable bonds is 2. The third-order valence-electron chi connectivity index (χ3n) is 6.10. The first kappa shape index (κ1) is 11.3. The van der Waals surface area contributed by atoms with Crippen molar-refractivity contribution in [1.29, 1.82) is 0 Å². The van der Waals surface area contributed by atoms with Crippen molar-refractivity contribution in [3.8, 4) is 0 Å². The lowest BCUT2D eigenvalue weighted by Gasteiger charge is -2.27. The monoisotopic (exact) mass is 248 g/mol. The van der Waals surface area contributed by atoms with Crippen LogP contribution in [0.15, 0.2) is 0 Å². The smallest absolute Gasteiger partial charge is 0.243 e. The van der Waals surface area contributed by atoms with Crippen LogP contribution < -0.4 is 5.32 Å². The highest BCUT2D eigenvalue weighted by atomic mass is 16.2. The summed E-state index contributed by atoms with van der Waals surface area (Å²) in [6.07, 6.45) is 10.3. The lowest BCUT2D eigenvalue weighted by Crippen LogP contribution is -2.44. The Balaban J connectivity index is 1.43. The summed E-state index contributed by atoms with van der Waals surface area (Å²) in [4.78, 5) is 14.7. The van der Waals surface area contributed by atoms with Crippen molar-refractivity contribution in [1.82, 2.24) is 10.2 Å². The fraction of sp³-hybridized carbons (Fsp3) is 0.933. The molecule has 3 unspecified atom stereocenters. The van der Waals surface area contributed by atoms with Crippen molar-refractivity contribution in [2.24, 2.45) is 17.8 Å². The van der Waals surface area contributed by atoms with Crippen LogP contribution in [0.5, 0.6) is 0 Å². The molecular weight excluding hydrogens is 224 g/mol. The van der Waals surface area contributed by atoms with Gasteiger partial charge in [-0.05, 0) is 49.9 Å². The Bertz CT molecular complexity index is 362. The van der Waals surface area contributed by atoms with Gasteiger partial charge in [-0.1, -0.05) is 19.3 Å². The van der Waals surface area contributed by atoms with Crippen molar-refractivity contribution in [3.63, 3.8) is 0 Å². The van der Waals surface area contributed by atoms with E-state index in [0.29, 0.717) is 5.91 Å². The molecule has 4 aliphatic rings. The van der Waals surface area contributed by atoms with Crippen molar-refractivity contribution in [3.05, 3.63) is 0 Å². The second kappa shape index (κ2) is 3.96. The normalized spacial score (nSPS) is 41.4. The highest BCUT2D eigenvalue weighted by molar-refractivity contribution is 5.88. The molecule has 3 nitrogen and oxygen atoms in total. The van der Waals surface area contributed by atoms with E-state index in [2.05, 4.69) is 10.2 Å². The first-order chi connectivity index (χ1) is 8.77. The molecule has 100 valence electrons. The molecule has 0 aromatic rings. The summed E-state index contributed by atoms with van der Waals surface area (Å²) < 4.78 is 0. The molecular formula is C15H24N2O. The quantitative estimate of drug-likeness (QED) is 0.812. The summed E-state index contributed by atoms with van der Waals surface area (Å²) in [6, 6.07) is 0. The summed E-state index contributed by atoms with van der Waals surface area (Å²) in [7, 11) is 0. The van der Waals surface area contributed by atoms with Crippen LogP contribution in [0.1, 0.15) is 51.4 Å². The molecule has 1 amide bonds. The predicted octanol–water partition coefficient (Wildman–Crippen LogP) is 2.12. The maximum Gasteiger partial charge on any atom is 0.243 e. The Hall–Kier alpha value is -0.570. The molecule has 2 bridgehead atoms. The number of carbonyl (C=O) groups excluding carboxylic acids is 1. The fourth-order valence-corrected chi connectivity index (χ4v) is 5.10. The van der Waals surface area contributed by atoms with E-state index in [0.717, 1.165) is 43.8 Å². The molecule has 1 heterocycles. The van der Waals surface area contributed by atoms with E-state index in [1.165, 1.54) is 38.5 Å². The summed E-state index contributed by atoms with van der Waals surface area (Å²) in [5.74, 6) is 3.16. The minimum Gasteiger partial charge on any atom is -0.328 e. The molecule has 0 aromatic carbocycles. The van der Waals surface area contributed by atoms with Crippen molar-refractivity contribution in [2.75, 3.05) is 13.2 Å². The number of fused-ring (bicyclic) bond motifs is 2. The Morgan fingerprint density at radius 1 is 1.22 bits per heavy atom. The van der Waals surface area contributed by atoms with Gasteiger partial charge in [0.15, 0.2) is 0 Å². The van der Waals surface area contributed by atoms with Crippen molar-refractivity contribution in [2.45, 2.75) is 56.9 Å². The van der Waals surface area contributed by atoms with Crippen LogP contribution in [0.4, 0.5) is 0 Å². The van der Waals surface area contributed by atoms with Crippen LogP contribution in [0.2, 0.25) is 0 Å². The van der Waals surface area contributed by atoms with E-state index in [4.69, 9.17) is 0 Å². The Kier molecular flexibility index (Phi) is 2.48. The lowest BCUT2D eigenvalue weighted by atomic mass is 9.88. The van der Waals surface area contributed by atoms with E-state index < -0.39 is 0 Å². The highest BCUT2D eigenvalue weighted by Crippen LogP contribution is 2.49. The Morgan fingerprint density at radius 3 is 2.72 bits per heavy atom. The molecule has 1 aliphatic heterocycles. The van der Waals surface area contributed by atoms with Crippen LogP contribution >= 0.6 is 0 Å². The zero-order valence-corrected chi connectivity index (χ0v) is 11.2. The maximum atomic E-state index is 12.6. The van der Waals surface area contributed by atoms with Gasteiger partial charge in [0.1, 0.15) is 0 Å². The van der Waals surface area contributed by atoms with Gasteiger partial charge in [-0.25, -0.2) is 0 Å². The zero-order chi connectivity index (χ0) is 12.2. The average molecular weight is 248 g/mol. The van der Waals surface area contributed by atoms with E-state index in [1.54, 1.807) is 0 Å². The van der Waals surface area contributed by atoms with Crippen molar-refractivity contribution >= 4 is 5.91 Å². The second-order valence-electron chi connectivity index (χ2n) is 7.09. The van der Waals surface area contributed by atoms with Crippen LogP contribution in [-0.2, 0) is 4.79 Å². The molecule has 0 radical (unpaired) electrons. The molecule has 4 fully saturated rings. The number of hydrogen-bond acceptors (Lipinski definition) is 2. The largest absolute Gasteiger partial charge is 0.328 e. The third kappa shape index (κ3) is 1.56. The number of nitrogens with zero attached hydrogens (tertiary/aromatic N) is 1. The fourth-order valence-electron chi connectivity index (χ4n) is 5.10. The van der Waals surface area contributed by atoms with Gasteiger partial charge in [-0.2, -0.15) is 0 Å². The number of amides is 1. The predicted molar refractivity (Wildman–Crippen MR) is 69.9 cm³/mol. The Morgan fingerprint density at radius 2 is 2.06 bits per heavy atom. The van der Waals surface area contributed by atoms with Gasteiger partial charge >= 0.3 is 0 Å². The molecule has 1 spiro atoms. The molecule has 3 saturated carbocycles. The first-order valence-electron chi connectivity index (χ1n) is 7.81. The van der Waals surface area contributed by atoms with E-state index in [-0.39, 0.29) is 5.54 Å². The number of hydrogen-bond donors (Lipinski definition) is 1. The van der Waals surface area contributed by atoms with Crippen LogP contribution in [0.25, 0.3) is 0 Å². The average Bonchev–Trinajstić information content (AvgIpc) is 3.12. The molecule has 18 heavy (non-hydrogen) atoms. The minimum atomic E-state index is -0.141. The van der Waals surface area contributed by atoms with E-state index in [9.17, 15) is 4.79 Å². The summed E-state index contributed by atoms with van der Waals surface area (Å²) in [5.41, 5.74) is -0.141. The van der Waals surface area contributed by atoms with Gasteiger partial charge in [0.25, 0.3) is 0 Å². The van der Waals surface area contributed by atoms with Crippen LogP contribution in [-0.4, -0.2) is 29.6 Å². The molecule has 1 saturated heterocycles. The molecule has 1 N–H and O–H groups in total. The van der Waals surface area contributed by atoms with Gasteiger partial charge in [0.05, 0.1) is 12.2 Å². The maximum absolute atomic E-state index is 12.6. The highest BCUT2D eigenvalue weighted by Gasteiger charge is 2.49. The zero-order valence-electron chi connectivity index (χ0n) is 11.2. The second-order valence-corrected chi connectivity index (χ2v) is 7.09. The van der Waals surface area contributed by atoms with Gasteiger partial charge in [0.2, 0.25) is 5.91 Å².